The van der Waals surface area contributed by atoms with Crippen LogP contribution in [0.15, 0.2) is 10.6 Å². The predicted molar refractivity (Wildman–Crippen MR) is 86.3 cm³/mol. The van der Waals surface area contributed by atoms with E-state index < -0.39 is 36.4 Å². The first kappa shape index (κ1) is 23.5. The highest BCUT2D eigenvalue weighted by Crippen LogP contribution is 2.14. The van der Waals surface area contributed by atoms with Gasteiger partial charge >= 0.3 is 11.9 Å². The van der Waals surface area contributed by atoms with Gasteiger partial charge in [0.05, 0.1) is 44.1 Å². The van der Waals surface area contributed by atoms with E-state index in [1.807, 2.05) is 13.0 Å². The highest BCUT2D eigenvalue weighted by molar-refractivity contribution is 5.86. The molecule has 0 radical (unpaired) electrons. The van der Waals surface area contributed by atoms with Gasteiger partial charge < -0.3 is 34.6 Å². The minimum absolute atomic E-state index is 0.907. The fourth-order valence-corrected chi connectivity index (χ4v) is 2.15. The summed E-state index contributed by atoms with van der Waals surface area (Å²) < 4.78 is 5.00. The molecule has 0 fully saturated rings. The summed E-state index contributed by atoms with van der Waals surface area (Å²) in [7, 11) is 0. The Labute approximate surface area is 151 Å². The van der Waals surface area contributed by atoms with Gasteiger partial charge in [-0.25, -0.2) is 0 Å². The van der Waals surface area contributed by atoms with E-state index in [0.717, 1.165) is 24.4 Å². The minimum atomic E-state index is -2.85. The lowest BCUT2D eigenvalue weighted by Gasteiger charge is -2.25. The molecule has 148 valence electrons. The van der Waals surface area contributed by atoms with Crippen molar-refractivity contribution in [3.8, 4) is 0 Å². The largest absolute Gasteiger partial charge is 0.547 e. The third kappa shape index (κ3) is 9.14. The summed E-state index contributed by atoms with van der Waals surface area (Å²) in [6, 6.07) is 2.02. The number of carboxylic acid groups (broad SMARTS) is 3. The number of nitrogens with one attached hydrogen (secondary N) is 1. The van der Waals surface area contributed by atoms with Gasteiger partial charge in [-0.05, 0) is 20.8 Å². The number of quaternary nitrogens is 1. The molecule has 10 nitrogen and oxygen atoms in total. The topological polar surface area (TPSA) is 165 Å². The number of hydrogen-bond donors (Lipinski definition) is 4. The smallest absolute Gasteiger partial charge is 0.306 e. The van der Waals surface area contributed by atoms with Gasteiger partial charge in [0.2, 0.25) is 0 Å². The summed E-state index contributed by atoms with van der Waals surface area (Å²) in [5, 5.41) is 39.5. The summed E-state index contributed by atoms with van der Waals surface area (Å²) in [5.41, 5.74) is -1.77. The third-order valence-corrected chi connectivity index (χ3v) is 3.68. The molecule has 0 aliphatic carbocycles. The molecule has 0 atom stereocenters. The van der Waals surface area contributed by atoms with Crippen molar-refractivity contribution in [3.05, 3.63) is 17.5 Å². The van der Waals surface area contributed by atoms with Gasteiger partial charge in [-0.1, -0.05) is 5.16 Å². The first-order valence-corrected chi connectivity index (χ1v) is 8.17. The molecule has 1 aromatic rings. The van der Waals surface area contributed by atoms with Crippen LogP contribution >= 0.6 is 0 Å². The zero-order valence-electron chi connectivity index (χ0n) is 15.2. The SMILES string of the molecule is CC[NH+](CC)CCc1cc(C)on1.O=C(O)CC(O)(CC(=O)O)C(=O)[O-]. The Morgan fingerprint density at radius 3 is 2.00 bits per heavy atom. The Kier molecular flexibility index (Phi) is 10.2. The summed E-state index contributed by atoms with van der Waals surface area (Å²) in [5.74, 6) is -4.44. The van der Waals surface area contributed by atoms with Crippen LogP contribution in [0, 0.1) is 6.92 Å². The van der Waals surface area contributed by atoms with Gasteiger partial charge in [0.15, 0.2) is 0 Å². The van der Waals surface area contributed by atoms with Gasteiger partial charge in [-0.2, -0.15) is 0 Å². The number of aliphatic hydroxyl groups is 1. The Hall–Kier alpha value is -2.46. The van der Waals surface area contributed by atoms with Crippen LogP contribution in [0.25, 0.3) is 0 Å². The van der Waals surface area contributed by atoms with Crippen molar-refractivity contribution in [2.24, 2.45) is 0 Å². The van der Waals surface area contributed by atoms with E-state index in [1.54, 1.807) is 4.90 Å². The Morgan fingerprint density at radius 2 is 1.69 bits per heavy atom. The van der Waals surface area contributed by atoms with E-state index in [1.165, 1.54) is 13.1 Å². The molecule has 4 N–H and O–H groups in total. The number of carboxylic acids is 3. The Morgan fingerprint density at radius 1 is 1.19 bits per heavy atom. The van der Waals surface area contributed by atoms with Crippen LogP contribution in [0.5, 0.6) is 0 Å². The maximum Gasteiger partial charge on any atom is 0.306 e. The van der Waals surface area contributed by atoms with E-state index in [9.17, 15) is 19.5 Å². The lowest BCUT2D eigenvalue weighted by Crippen LogP contribution is -3.11. The van der Waals surface area contributed by atoms with E-state index in [4.69, 9.17) is 19.8 Å². The third-order valence-electron chi connectivity index (χ3n) is 3.68. The standard InChI is InChI=1S/C10H18N2O.C6H8O7/c1-4-12(5-2)7-6-10-8-9(3)13-11-10;7-3(8)1-6(13,5(11)12)2-4(9)10/h8H,4-7H2,1-3H3;13H,1-2H2,(H,7,8)(H,9,10)(H,11,12). The number of carbonyl (C=O) groups is 3. The van der Waals surface area contributed by atoms with Gasteiger partial charge in [0.25, 0.3) is 0 Å². The van der Waals surface area contributed by atoms with Crippen molar-refractivity contribution >= 4 is 17.9 Å². The molecule has 0 bridgehead atoms. The van der Waals surface area contributed by atoms with E-state index in [2.05, 4.69) is 19.0 Å². The predicted octanol–water partition coefficient (Wildman–Crippen LogP) is -2.13. The molecule has 0 aliphatic heterocycles. The normalized spacial score (nSPS) is 11.0. The molecule has 1 aromatic heterocycles. The second-order valence-electron chi connectivity index (χ2n) is 5.85. The molecule has 10 heteroatoms. The first-order chi connectivity index (χ1) is 12.0. The van der Waals surface area contributed by atoms with E-state index in [0.29, 0.717) is 0 Å². The van der Waals surface area contributed by atoms with Gasteiger partial charge in [-0.3, -0.25) is 9.59 Å². The second-order valence-corrected chi connectivity index (χ2v) is 5.85. The van der Waals surface area contributed by atoms with Crippen molar-refractivity contribution in [1.82, 2.24) is 5.16 Å². The number of likely N-dealkylation sites (N-methyl/N-ethyl adjacent to an activating group) is 1. The number of rotatable bonds is 10. The monoisotopic (exact) mass is 374 g/mol. The summed E-state index contributed by atoms with van der Waals surface area (Å²) in [6.45, 7) is 9.89. The molecule has 1 rings (SSSR count). The summed E-state index contributed by atoms with van der Waals surface area (Å²) in [4.78, 5) is 31.9. The zero-order valence-corrected chi connectivity index (χ0v) is 15.2. The number of nitrogens with zero attached hydrogens (tertiary/aromatic N) is 1. The lowest BCUT2D eigenvalue weighted by atomic mass is 9.96. The van der Waals surface area contributed by atoms with Crippen molar-refractivity contribution in [1.29, 1.82) is 0 Å². The highest BCUT2D eigenvalue weighted by Gasteiger charge is 2.34. The van der Waals surface area contributed by atoms with Crippen LogP contribution in [0.2, 0.25) is 0 Å². The molecular formula is C16H26N2O8. The number of hydrogen-bond acceptors (Lipinski definition) is 7. The van der Waals surface area contributed by atoms with Crippen LogP contribution < -0.4 is 10.0 Å². The van der Waals surface area contributed by atoms with Gasteiger partial charge in [0, 0.05) is 12.5 Å². The molecule has 0 saturated carbocycles. The summed E-state index contributed by atoms with van der Waals surface area (Å²) >= 11 is 0. The van der Waals surface area contributed by atoms with Gasteiger partial charge in [-0.15, -0.1) is 0 Å². The number of aliphatic carboxylic acids is 3. The Balaban J connectivity index is 0.000000481. The maximum atomic E-state index is 10.2. The van der Waals surface area contributed by atoms with E-state index >= 15 is 0 Å². The number of carbonyl (C=O) groups excluding carboxylic acids is 1. The highest BCUT2D eigenvalue weighted by atomic mass is 16.5. The maximum absolute atomic E-state index is 10.2. The lowest BCUT2D eigenvalue weighted by molar-refractivity contribution is -0.896. The fourth-order valence-electron chi connectivity index (χ4n) is 2.15. The van der Waals surface area contributed by atoms with Crippen LogP contribution in [-0.2, 0) is 20.8 Å². The van der Waals surface area contributed by atoms with Gasteiger partial charge in [0.1, 0.15) is 11.4 Å². The fraction of sp³-hybridized carbons (Fsp3) is 0.625. The molecule has 1 heterocycles. The number of aromatic nitrogens is 1. The van der Waals surface area contributed by atoms with Crippen LogP contribution in [0.1, 0.15) is 38.1 Å². The molecule has 0 unspecified atom stereocenters. The molecule has 0 aliphatic rings. The van der Waals surface area contributed by atoms with E-state index in [-0.39, 0.29) is 0 Å². The summed E-state index contributed by atoms with van der Waals surface area (Å²) in [6.07, 6.45) is -1.39. The molecule has 0 spiro atoms. The van der Waals surface area contributed by atoms with Crippen molar-refractivity contribution in [2.45, 2.75) is 45.6 Å². The second kappa shape index (κ2) is 11.2. The molecule has 0 saturated heterocycles. The molecule has 26 heavy (non-hydrogen) atoms. The first-order valence-electron chi connectivity index (χ1n) is 8.17. The van der Waals surface area contributed by atoms with Crippen LogP contribution in [-0.4, -0.2) is 63.6 Å². The van der Waals surface area contributed by atoms with Crippen LogP contribution in [0.4, 0.5) is 0 Å². The average molecular weight is 374 g/mol. The van der Waals surface area contributed by atoms with Crippen molar-refractivity contribution < 1.29 is 44.2 Å². The molecular weight excluding hydrogens is 348 g/mol. The minimum Gasteiger partial charge on any atom is -0.547 e. The van der Waals surface area contributed by atoms with Crippen molar-refractivity contribution in [3.63, 3.8) is 0 Å². The number of aryl methyl sites for hydroxylation is 1. The zero-order chi connectivity index (χ0) is 20.3. The Bertz CT molecular complexity index is 579. The molecule has 0 aromatic carbocycles. The van der Waals surface area contributed by atoms with Crippen molar-refractivity contribution in [2.75, 3.05) is 19.6 Å². The quantitative estimate of drug-likeness (QED) is 0.358. The molecule has 0 amide bonds. The average Bonchev–Trinajstić information content (AvgIpc) is 2.92. The van der Waals surface area contributed by atoms with Crippen LogP contribution in [0.3, 0.4) is 0 Å².